The molecule has 130 valence electrons. The Morgan fingerprint density at radius 1 is 1.13 bits per heavy atom. The van der Waals surface area contributed by atoms with Gasteiger partial charge in [-0.3, -0.25) is 9.59 Å². The van der Waals surface area contributed by atoms with Crippen LogP contribution in [-0.4, -0.2) is 16.9 Å². The minimum Gasteiger partial charge on any atom is -0.481 e. The fourth-order valence-corrected chi connectivity index (χ4v) is 3.16. The Balaban J connectivity index is 2.27. The summed E-state index contributed by atoms with van der Waals surface area (Å²) in [4.78, 5) is 22.5. The standard InChI is InChI=1S/C20H32O3/c1-2-3-4-5-6-10-13-18-17(15-16-19(18)21)12-9-7-8-11-14-20(22)23/h7,9-10,13,17-18H,2-6,8,11-12,14-16H2,1H3,(H,22,23)/b9-7+,13-10+/t17?,18-/m1/s1. The van der Waals surface area contributed by atoms with Crippen LogP contribution in [0.2, 0.25) is 0 Å². The highest BCUT2D eigenvalue weighted by Crippen LogP contribution is 2.33. The summed E-state index contributed by atoms with van der Waals surface area (Å²) in [5.74, 6) is 0.193. The number of allylic oxidation sites excluding steroid dienone is 4. The van der Waals surface area contributed by atoms with Crippen molar-refractivity contribution in [1.82, 2.24) is 0 Å². The molecule has 1 unspecified atom stereocenters. The van der Waals surface area contributed by atoms with Crippen LogP contribution in [0.25, 0.3) is 0 Å². The zero-order valence-electron chi connectivity index (χ0n) is 14.5. The zero-order chi connectivity index (χ0) is 16.9. The molecule has 1 rings (SSSR count). The molecule has 0 amide bonds. The summed E-state index contributed by atoms with van der Waals surface area (Å²) in [7, 11) is 0. The molecule has 2 atom stereocenters. The highest BCUT2D eigenvalue weighted by atomic mass is 16.4. The lowest BCUT2D eigenvalue weighted by atomic mass is 9.91. The van der Waals surface area contributed by atoms with E-state index >= 15 is 0 Å². The van der Waals surface area contributed by atoms with Crippen LogP contribution in [-0.2, 0) is 9.59 Å². The van der Waals surface area contributed by atoms with E-state index in [1.54, 1.807) is 0 Å². The van der Waals surface area contributed by atoms with Crippen molar-refractivity contribution in [2.45, 2.75) is 77.6 Å². The van der Waals surface area contributed by atoms with Crippen LogP contribution in [0.5, 0.6) is 0 Å². The van der Waals surface area contributed by atoms with Crippen LogP contribution in [0, 0.1) is 11.8 Å². The average molecular weight is 320 g/mol. The van der Waals surface area contributed by atoms with Gasteiger partial charge in [-0.1, -0.05) is 50.5 Å². The Bertz CT molecular complexity index is 409. The van der Waals surface area contributed by atoms with Crippen molar-refractivity contribution < 1.29 is 14.7 Å². The molecule has 23 heavy (non-hydrogen) atoms. The third-order valence-electron chi connectivity index (χ3n) is 4.58. The molecular weight excluding hydrogens is 288 g/mol. The molecule has 0 heterocycles. The maximum Gasteiger partial charge on any atom is 0.303 e. The van der Waals surface area contributed by atoms with E-state index in [2.05, 4.69) is 31.2 Å². The minimum absolute atomic E-state index is 0.102. The monoisotopic (exact) mass is 320 g/mol. The van der Waals surface area contributed by atoms with Crippen molar-refractivity contribution in [3.05, 3.63) is 24.3 Å². The van der Waals surface area contributed by atoms with Crippen LogP contribution in [0.15, 0.2) is 24.3 Å². The van der Waals surface area contributed by atoms with Crippen molar-refractivity contribution in [1.29, 1.82) is 0 Å². The van der Waals surface area contributed by atoms with Crippen LogP contribution >= 0.6 is 0 Å². The lowest BCUT2D eigenvalue weighted by Crippen LogP contribution is -2.11. The fraction of sp³-hybridized carbons (Fsp3) is 0.700. The first kappa shape index (κ1) is 19.7. The normalized spacial score (nSPS) is 21.7. The summed E-state index contributed by atoms with van der Waals surface area (Å²) in [5.41, 5.74) is 0. The van der Waals surface area contributed by atoms with E-state index in [1.165, 1.54) is 25.7 Å². The first-order chi connectivity index (χ1) is 11.1. The molecule has 3 heteroatoms. The summed E-state index contributed by atoms with van der Waals surface area (Å²) in [6.45, 7) is 2.22. The molecule has 0 aromatic rings. The smallest absolute Gasteiger partial charge is 0.303 e. The van der Waals surface area contributed by atoms with E-state index in [9.17, 15) is 9.59 Å². The Labute approximate surface area is 140 Å². The van der Waals surface area contributed by atoms with Crippen molar-refractivity contribution in [3.63, 3.8) is 0 Å². The molecule has 0 saturated heterocycles. The van der Waals surface area contributed by atoms with Crippen molar-refractivity contribution >= 4 is 11.8 Å². The van der Waals surface area contributed by atoms with Gasteiger partial charge in [0.2, 0.25) is 0 Å². The number of Topliss-reactive ketones (excluding diaryl/α,β-unsaturated/α-hetero) is 1. The van der Waals surface area contributed by atoms with Gasteiger partial charge in [0.05, 0.1) is 0 Å². The summed E-state index contributed by atoms with van der Waals surface area (Å²) in [6.07, 6.45) is 19.0. The van der Waals surface area contributed by atoms with Crippen LogP contribution in [0.3, 0.4) is 0 Å². The number of carboxylic acid groups (broad SMARTS) is 1. The average Bonchev–Trinajstić information content (AvgIpc) is 2.86. The number of unbranched alkanes of at least 4 members (excludes halogenated alkanes) is 5. The molecule has 0 bridgehead atoms. The van der Waals surface area contributed by atoms with E-state index in [0.29, 0.717) is 24.5 Å². The molecule has 0 spiro atoms. The number of hydrogen-bond acceptors (Lipinski definition) is 2. The maximum atomic E-state index is 12.0. The molecule has 1 aliphatic rings. The molecule has 3 nitrogen and oxygen atoms in total. The number of carbonyl (C=O) groups excluding carboxylic acids is 1. The first-order valence-corrected chi connectivity index (χ1v) is 9.21. The topological polar surface area (TPSA) is 54.4 Å². The van der Waals surface area contributed by atoms with Gasteiger partial charge in [0, 0.05) is 18.8 Å². The molecule has 0 radical (unpaired) electrons. The van der Waals surface area contributed by atoms with Gasteiger partial charge >= 0.3 is 5.97 Å². The number of carbonyl (C=O) groups is 2. The molecule has 0 aromatic heterocycles. The van der Waals surface area contributed by atoms with Gasteiger partial charge in [0.15, 0.2) is 0 Å². The number of carboxylic acids is 1. The predicted molar refractivity (Wildman–Crippen MR) is 94.4 cm³/mol. The Morgan fingerprint density at radius 2 is 1.91 bits per heavy atom. The summed E-state index contributed by atoms with van der Waals surface area (Å²) in [6, 6.07) is 0. The maximum absolute atomic E-state index is 12.0. The third kappa shape index (κ3) is 8.73. The lowest BCUT2D eigenvalue weighted by molar-refractivity contribution is -0.137. The van der Waals surface area contributed by atoms with Crippen LogP contribution in [0.1, 0.15) is 77.6 Å². The lowest BCUT2D eigenvalue weighted by Gasteiger charge is -2.12. The van der Waals surface area contributed by atoms with Gasteiger partial charge in [0.1, 0.15) is 5.78 Å². The predicted octanol–water partition coefficient (Wildman–Crippen LogP) is 5.31. The van der Waals surface area contributed by atoms with E-state index in [4.69, 9.17) is 5.11 Å². The van der Waals surface area contributed by atoms with Gasteiger partial charge in [0.25, 0.3) is 0 Å². The van der Waals surface area contributed by atoms with Crippen molar-refractivity contribution in [2.75, 3.05) is 0 Å². The Kier molecular flexibility index (Phi) is 10.3. The molecule has 1 fully saturated rings. The number of hydrogen-bond donors (Lipinski definition) is 1. The summed E-state index contributed by atoms with van der Waals surface area (Å²) in [5, 5.41) is 8.59. The molecule has 0 aromatic carbocycles. The second-order valence-electron chi connectivity index (χ2n) is 6.56. The number of aliphatic carboxylic acids is 1. The quantitative estimate of drug-likeness (QED) is 0.391. The van der Waals surface area contributed by atoms with Crippen LogP contribution < -0.4 is 0 Å². The summed E-state index contributed by atoms with van der Waals surface area (Å²) < 4.78 is 0. The molecular formula is C20H32O3. The Morgan fingerprint density at radius 3 is 2.65 bits per heavy atom. The van der Waals surface area contributed by atoms with Gasteiger partial charge in [-0.25, -0.2) is 0 Å². The molecule has 0 aliphatic heterocycles. The van der Waals surface area contributed by atoms with Crippen LogP contribution in [0.4, 0.5) is 0 Å². The minimum atomic E-state index is -0.732. The van der Waals surface area contributed by atoms with Gasteiger partial charge in [-0.15, -0.1) is 0 Å². The van der Waals surface area contributed by atoms with E-state index in [1.807, 2.05) is 0 Å². The second-order valence-corrected chi connectivity index (χ2v) is 6.56. The highest BCUT2D eigenvalue weighted by Gasteiger charge is 2.31. The highest BCUT2D eigenvalue weighted by molar-refractivity contribution is 5.85. The Hall–Kier alpha value is -1.38. The van der Waals surface area contributed by atoms with E-state index < -0.39 is 5.97 Å². The SMILES string of the molecule is CCCCCC/C=C/[C@H]1C(=O)CCC1C/C=C/CCCC(=O)O. The van der Waals surface area contributed by atoms with Gasteiger partial charge < -0.3 is 5.11 Å². The zero-order valence-corrected chi connectivity index (χ0v) is 14.5. The molecule has 1 N–H and O–H groups in total. The third-order valence-corrected chi connectivity index (χ3v) is 4.58. The van der Waals surface area contributed by atoms with E-state index in [0.717, 1.165) is 25.7 Å². The van der Waals surface area contributed by atoms with Gasteiger partial charge in [-0.2, -0.15) is 0 Å². The number of rotatable bonds is 12. The van der Waals surface area contributed by atoms with E-state index in [-0.39, 0.29) is 12.3 Å². The first-order valence-electron chi connectivity index (χ1n) is 9.21. The second kappa shape index (κ2) is 12.1. The summed E-state index contributed by atoms with van der Waals surface area (Å²) >= 11 is 0. The molecule has 1 saturated carbocycles. The van der Waals surface area contributed by atoms with Crippen molar-refractivity contribution in [3.8, 4) is 0 Å². The largest absolute Gasteiger partial charge is 0.481 e. The van der Waals surface area contributed by atoms with Crippen molar-refractivity contribution in [2.24, 2.45) is 11.8 Å². The van der Waals surface area contributed by atoms with Gasteiger partial charge in [-0.05, 0) is 44.4 Å². The number of ketones is 1. The fourth-order valence-electron chi connectivity index (χ4n) is 3.16. The molecule has 1 aliphatic carbocycles.